The number of pyridine rings is 1. The van der Waals surface area contributed by atoms with E-state index in [1.54, 1.807) is 0 Å². The van der Waals surface area contributed by atoms with Gasteiger partial charge in [-0.1, -0.05) is 0 Å². The second kappa shape index (κ2) is 5.03. The van der Waals surface area contributed by atoms with Gasteiger partial charge in [0.2, 0.25) is 0 Å². The van der Waals surface area contributed by atoms with Crippen molar-refractivity contribution in [3.05, 3.63) is 23.0 Å². The molecule has 1 aromatic rings. The molecule has 0 aliphatic carbocycles. The number of hydrogen-bond donors (Lipinski definition) is 1. The number of alkyl halides is 6. The van der Waals surface area contributed by atoms with Gasteiger partial charge in [-0.15, -0.1) is 13.2 Å². The van der Waals surface area contributed by atoms with Crippen LogP contribution in [0.5, 0.6) is 5.75 Å². The lowest BCUT2D eigenvalue weighted by Gasteiger charge is -2.17. The molecule has 0 spiro atoms. The van der Waals surface area contributed by atoms with Crippen LogP contribution in [0.15, 0.2) is 6.07 Å². The van der Waals surface area contributed by atoms with Crippen molar-refractivity contribution in [3.8, 4) is 5.75 Å². The van der Waals surface area contributed by atoms with Crippen LogP contribution in [0.25, 0.3) is 0 Å². The zero-order valence-corrected chi connectivity index (χ0v) is 8.97. The quantitative estimate of drug-likeness (QED) is 0.684. The first-order valence-corrected chi connectivity index (χ1v) is 4.60. The molecule has 106 valence electrons. The minimum Gasteiger partial charge on any atom is -0.403 e. The number of carbonyl (C=O) groups excluding carboxylic acids is 1. The fourth-order valence-electron chi connectivity index (χ4n) is 1.22. The van der Waals surface area contributed by atoms with Gasteiger partial charge in [-0.25, -0.2) is 4.98 Å². The SMILES string of the molecule is NCc1cc(C=O)c(OC(F)(F)F)c(C(F)(F)F)n1. The van der Waals surface area contributed by atoms with Crippen molar-refractivity contribution >= 4 is 6.29 Å². The number of halogens is 6. The van der Waals surface area contributed by atoms with Gasteiger partial charge in [-0.05, 0) is 6.07 Å². The molecule has 0 saturated heterocycles. The molecule has 0 aliphatic heterocycles. The average molecular weight is 288 g/mol. The Morgan fingerprint density at radius 2 is 1.84 bits per heavy atom. The monoisotopic (exact) mass is 288 g/mol. The van der Waals surface area contributed by atoms with Gasteiger partial charge in [0.05, 0.1) is 11.3 Å². The van der Waals surface area contributed by atoms with Gasteiger partial charge in [0.25, 0.3) is 0 Å². The van der Waals surface area contributed by atoms with Crippen molar-refractivity contribution in [1.82, 2.24) is 4.98 Å². The van der Waals surface area contributed by atoms with Crippen LogP contribution < -0.4 is 10.5 Å². The van der Waals surface area contributed by atoms with Crippen molar-refractivity contribution in [2.75, 3.05) is 0 Å². The molecule has 4 nitrogen and oxygen atoms in total. The summed E-state index contributed by atoms with van der Waals surface area (Å²) in [7, 11) is 0. The van der Waals surface area contributed by atoms with Crippen LogP contribution in [0.3, 0.4) is 0 Å². The Bertz CT molecular complexity index is 483. The van der Waals surface area contributed by atoms with E-state index in [1.807, 2.05) is 0 Å². The van der Waals surface area contributed by atoms with Gasteiger partial charge in [0.15, 0.2) is 17.7 Å². The number of nitrogens with two attached hydrogens (primary N) is 1. The smallest absolute Gasteiger partial charge is 0.403 e. The van der Waals surface area contributed by atoms with Crippen LogP contribution in [0, 0.1) is 0 Å². The molecule has 0 saturated carbocycles. The molecular weight excluding hydrogens is 282 g/mol. The molecule has 0 fully saturated rings. The van der Waals surface area contributed by atoms with E-state index in [4.69, 9.17) is 5.73 Å². The van der Waals surface area contributed by atoms with Crippen molar-refractivity contribution in [3.63, 3.8) is 0 Å². The first-order chi connectivity index (χ1) is 8.58. The average Bonchev–Trinajstić information content (AvgIpc) is 2.25. The number of nitrogens with zero attached hydrogens (tertiary/aromatic N) is 1. The van der Waals surface area contributed by atoms with E-state index in [2.05, 4.69) is 9.72 Å². The molecular formula is C9H6F6N2O2. The molecule has 0 amide bonds. The number of aromatic nitrogens is 1. The lowest BCUT2D eigenvalue weighted by molar-refractivity contribution is -0.276. The van der Waals surface area contributed by atoms with Gasteiger partial charge in [0.1, 0.15) is 0 Å². The van der Waals surface area contributed by atoms with E-state index in [-0.39, 0.29) is 12.0 Å². The summed E-state index contributed by atoms with van der Waals surface area (Å²) in [6.07, 6.45) is -10.8. The van der Waals surface area contributed by atoms with Crippen LogP contribution in [0.4, 0.5) is 26.3 Å². The summed E-state index contributed by atoms with van der Waals surface area (Å²) in [5.41, 5.74) is 1.79. The third-order valence-corrected chi connectivity index (χ3v) is 1.88. The maximum absolute atomic E-state index is 12.6. The third kappa shape index (κ3) is 3.81. The highest BCUT2D eigenvalue weighted by atomic mass is 19.4. The number of hydrogen-bond acceptors (Lipinski definition) is 4. The Morgan fingerprint density at radius 1 is 1.26 bits per heavy atom. The van der Waals surface area contributed by atoms with Crippen molar-refractivity contribution in [2.45, 2.75) is 19.1 Å². The molecule has 0 radical (unpaired) electrons. The Hall–Kier alpha value is -1.84. The maximum Gasteiger partial charge on any atom is 0.573 e. The maximum atomic E-state index is 12.6. The summed E-state index contributed by atoms with van der Waals surface area (Å²) in [5.74, 6) is -1.69. The predicted octanol–water partition coefficient (Wildman–Crippen LogP) is 2.27. The van der Waals surface area contributed by atoms with E-state index in [9.17, 15) is 31.1 Å². The summed E-state index contributed by atoms with van der Waals surface area (Å²) in [5, 5.41) is 0. The molecule has 19 heavy (non-hydrogen) atoms. The zero-order valence-electron chi connectivity index (χ0n) is 8.97. The lowest BCUT2D eigenvalue weighted by atomic mass is 10.1. The molecule has 0 unspecified atom stereocenters. The van der Waals surface area contributed by atoms with Crippen molar-refractivity contribution < 1.29 is 35.9 Å². The molecule has 1 heterocycles. The standard InChI is InChI=1S/C9H6F6N2O2/c10-8(11,12)7-6(19-9(13,14)15)4(3-18)1-5(2-16)17-7/h1,3H,2,16H2. The van der Waals surface area contributed by atoms with E-state index in [0.717, 1.165) is 0 Å². The van der Waals surface area contributed by atoms with Crippen LogP contribution in [-0.2, 0) is 12.7 Å². The Morgan fingerprint density at radius 3 is 2.21 bits per heavy atom. The minimum absolute atomic E-state index is 0.197. The van der Waals surface area contributed by atoms with Crippen molar-refractivity contribution in [1.29, 1.82) is 0 Å². The van der Waals surface area contributed by atoms with Gasteiger partial charge < -0.3 is 10.5 Å². The molecule has 1 rings (SSSR count). The van der Waals surface area contributed by atoms with Crippen LogP contribution in [0.1, 0.15) is 21.7 Å². The number of aldehydes is 1. The van der Waals surface area contributed by atoms with Crippen LogP contribution >= 0.6 is 0 Å². The second-order valence-corrected chi connectivity index (χ2v) is 3.25. The molecule has 0 aromatic carbocycles. The normalized spacial score (nSPS) is 12.4. The Balaban J connectivity index is 3.51. The van der Waals surface area contributed by atoms with E-state index >= 15 is 0 Å². The first kappa shape index (κ1) is 15.2. The summed E-state index contributed by atoms with van der Waals surface area (Å²) < 4.78 is 77.1. The number of ether oxygens (including phenoxy) is 1. The Labute approximate surface area is 102 Å². The Kier molecular flexibility index (Phi) is 4.03. The second-order valence-electron chi connectivity index (χ2n) is 3.25. The van der Waals surface area contributed by atoms with Crippen molar-refractivity contribution in [2.24, 2.45) is 5.73 Å². The van der Waals surface area contributed by atoms with Gasteiger partial charge in [0, 0.05) is 6.54 Å². The number of carbonyl (C=O) groups is 1. The molecule has 0 bridgehead atoms. The summed E-state index contributed by atoms with van der Waals surface area (Å²) in [6, 6.07) is 0.698. The predicted molar refractivity (Wildman–Crippen MR) is 49.2 cm³/mol. The largest absolute Gasteiger partial charge is 0.573 e. The summed E-state index contributed by atoms with van der Waals surface area (Å²) in [4.78, 5) is 13.5. The van der Waals surface area contributed by atoms with E-state index < -0.39 is 36.1 Å². The molecule has 0 atom stereocenters. The third-order valence-electron chi connectivity index (χ3n) is 1.88. The van der Waals surface area contributed by atoms with Gasteiger partial charge in [-0.3, -0.25) is 4.79 Å². The summed E-state index contributed by atoms with van der Waals surface area (Å²) in [6.45, 7) is -0.476. The first-order valence-electron chi connectivity index (χ1n) is 4.60. The fraction of sp³-hybridized carbons (Fsp3) is 0.333. The lowest BCUT2D eigenvalue weighted by Crippen LogP contribution is -2.23. The van der Waals surface area contributed by atoms with E-state index in [0.29, 0.717) is 6.07 Å². The molecule has 2 N–H and O–H groups in total. The van der Waals surface area contributed by atoms with Gasteiger partial charge in [-0.2, -0.15) is 13.2 Å². The summed E-state index contributed by atoms with van der Waals surface area (Å²) >= 11 is 0. The highest BCUT2D eigenvalue weighted by Crippen LogP contribution is 2.39. The van der Waals surface area contributed by atoms with Crippen LogP contribution in [-0.4, -0.2) is 17.6 Å². The highest BCUT2D eigenvalue weighted by Gasteiger charge is 2.42. The van der Waals surface area contributed by atoms with Crippen LogP contribution in [0.2, 0.25) is 0 Å². The number of rotatable bonds is 3. The molecule has 0 aliphatic rings. The fourth-order valence-corrected chi connectivity index (χ4v) is 1.22. The minimum atomic E-state index is -5.39. The molecule has 1 aromatic heterocycles. The molecule has 10 heteroatoms. The zero-order chi connectivity index (χ0) is 14.8. The topological polar surface area (TPSA) is 65.2 Å². The van der Waals surface area contributed by atoms with E-state index in [1.165, 1.54) is 0 Å². The highest BCUT2D eigenvalue weighted by molar-refractivity contribution is 5.80. The van der Waals surface area contributed by atoms with Gasteiger partial charge >= 0.3 is 12.5 Å².